The lowest BCUT2D eigenvalue weighted by Crippen LogP contribution is -2.44. The van der Waals surface area contributed by atoms with Crippen molar-refractivity contribution in [1.29, 1.82) is 0 Å². The zero-order valence-electron chi connectivity index (χ0n) is 22.2. The maximum atomic E-state index is 13.2. The summed E-state index contributed by atoms with van der Waals surface area (Å²) in [5.41, 5.74) is 13.7. The smallest absolute Gasteiger partial charge is 0.237 e. The number of aryl methyl sites for hydroxylation is 1. The molecule has 4 aromatic rings. The number of fused-ring (bicyclic) bond motifs is 1. The van der Waals surface area contributed by atoms with Crippen molar-refractivity contribution in [2.75, 3.05) is 11.9 Å². The van der Waals surface area contributed by atoms with Crippen molar-refractivity contribution in [2.45, 2.75) is 44.9 Å². The molecule has 0 bridgehead atoms. The predicted octanol–water partition coefficient (Wildman–Crippen LogP) is 5.41. The van der Waals surface area contributed by atoms with Crippen LogP contribution in [0.1, 0.15) is 45.8 Å². The van der Waals surface area contributed by atoms with E-state index in [2.05, 4.69) is 47.0 Å². The molecular formula is C33H35N3O3. The molecule has 1 aliphatic rings. The predicted molar refractivity (Wildman–Crippen MR) is 155 cm³/mol. The molecular weight excluding hydrogens is 486 g/mol. The number of nitrogens with two attached hydrogens (primary N) is 1. The molecule has 4 aromatic carbocycles. The van der Waals surface area contributed by atoms with Gasteiger partial charge in [-0.15, -0.1) is 0 Å². The number of aromatic hydroxyl groups is 1. The van der Waals surface area contributed by atoms with E-state index in [1.807, 2.05) is 49.4 Å². The summed E-state index contributed by atoms with van der Waals surface area (Å²) in [4.78, 5) is 13.2. The number of phenols is 1. The highest BCUT2D eigenvalue weighted by atomic mass is 16.5. The lowest BCUT2D eigenvalue weighted by molar-refractivity contribution is -0.123. The molecule has 5 rings (SSSR count). The second-order valence-corrected chi connectivity index (χ2v) is 10.2. The van der Waals surface area contributed by atoms with E-state index in [0.29, 0.717) is 13.0 Å². The molecule has 6 heteroatoms. The third kappa shape index (κ3) is 6.59. The lowest BCUT2D eigenvalue weighted by Gasteiger charge is -2.31. The summed E-state index contributed by atoms with van der Waals surface area (Å²) in [6, 6.07) is 28.9. The Kier molecular flexibility index (Phi) is 8.13. The van der Waals surface area contributed by atoms with Gasteiger partial charge in [-0.05, 0) is 84.3 Å². The monoisotopic (exact) mass is 521 g/mol. The normalized spacial score (nSPS) is 15.1. The maximum Gasteiger partial charge on any atom is 0.237 e. The van der Waals surface area contributed by atoms with Gasteiger partial charge in [-0.25, -0.2) is 0 Å². The number of amides is 1. The van der Waals surface area contributed by atoms with Crippen molar-refractivity contribution >= 4 is 11.6 Å². The van der Waals surface area contributed by atoms with Gasteiger partial charge in [-0.3, -0.25) is 4.79 Å². The summed E-state index contributed by atoms with van der Waals surface area (Å²) in [6.45, 7) is 3.07. The average molecular weight is 522 g/mol. The maximum absolute atomic E-state index is 13.2. The second kappa shape index (κ2) is 12.0. The van der Waals surface area contributed by atoms with Gasteiger partial charge in [-0.2, -0.15) is 0 Å². The number of carbonyl (C=O) groups is 1. The third-order valence-electron chi connectivity index (χ3n) is 7.23. The molecule has 39 heavy (non-hydrogen) atoms. The summed E-state index contributed by atoms with van der Waals surface area (Å²) in [7, 11) is 0. The number of para-hydroxylation sites is 1. The number of anilines is 1. The highest BCUT2D eigenvalue weighted by Gasteiger charge is 2.27. The van der Waals surface area contributed by atoms with E-state index in [1.54, 1.807) is 12.1 Å². The minimum atomic E-state index is -0.694. The first kappa shape index (κ1) is 26.3. The number of carbonyl (C=O) groups excluding carboxylic acids is 1. The zero-order chi connectivity index (χ0) is 27.2. The van der Waals surface area contributed by atoms with Crippen molar-refractivity contribution < 1.29 is 14.6 Å². The summed E-state index contributed by atoms with van der Waals surface area (Å²) >= 11 is 0. The second-order valence-electron chi connectivity index (χ2n) is 10.2. The quantitative estimate of drug-likeness (QED) is 0.236. The highest BCUT2D eigenvalue weighted by molar-refractivity contribution is 5.83. The number of hydrogen-bond donors (Lipinski definition) is 4. The molecule has 0 aromatic heterocycles. The SMILES string of the molecule is Cc1cc(O)ccc1C[C@H](N)C(=O)N[C@@H]1CCNc2c(COc3ccccc3)cc(Cc3ccccc3)cc21. The first-order valence-electron chi connectivity index (χ1n) is 13.4. The van der Waals surface area contributed by atoms with Crippen LogP contribution < -0.4 is 21.1 Å². The Bertz CT molecular complexity index is 1420. The molecule has 0 aliphatic carbocycles. The van der Waals surface area contributed by atoms with Crippen LogP contribution in [0.2, 0.25) is 0 Å². The van der Waals surface area contributed by atoms with Crippen LogP contribution in [0.15, 0.2) is 91.0 Å². The van der Waals surface area contributed by atoms with Crippen molar-refractivity contribution in [3.8, 4) is 11.5 Å². The van der Waals surface area contributed by atoms with E-state index in [4.69, 9.17) is 10.5 Å². The molecule has 0 saturated heterocycles. The summed E-state index contributed by atoms with van der Waals surface area (Å²) < 4.78 is 6.14. The molecule has 6 nitrogen and oxygen atoms in total. The number of hydrogen-bond acceptors (Lipinski definition) is 5. The molecule has 0 saturated carbocycles. The summed E-state index contributed by atoms with van der Waals surface area (Å²) in [5, 5.41) is 16.5. The van der Waals surface area contributed by atoms with Crippen LogP contribution in [0.3, 0.4) is 0 Å². The van der Waals surface area contributed by atoms with Crippen molar-refractivity contribution in [3.63, 3.8) is 0 Å². The Morgan fingerprint density at radius 1 is 1.00 bits per heavy atom. The molecule has 200 valence electrons. The Morgan fingerprint density at radius 3 is 2.49 bits per heavy atom. The van der Waals surface area contributed by atoms with E-state index in [9.17, 15) is 9.90 Å². The third-order valence-corrected chi connectivity index (χ3v) is 7.23. The number of rotatable bonds is 9. The van der Waals surface area contributed by atoms with E-state index >= 15 is 0 Å². The van der Waals surface area contributed by atoms with Crippen LogP contribution in [-0.4, -0.2) is 23.6 Å². The molecule has 1 heterocycles. The van der Waals surface area contributed by atoms with Gasteiger partial charge >= 0.3 is 0 Å². The van der Waals surface area contributed by atoms with Crippen molar-refractivity contribution in [2.24, 2.45) is 5.73 Å². The molecule has 2 atom stereocenters. The summed E-state index contributed by atoms with van der Waals surface area (Å²) in [6.07, 6.45) is 1.95. The molecule has 5 N–H and O–H groups in total. The van der Waals surface area contributed by atoms with Crippen LogP contribution in [0.4, 0.5) is 5.69 Å². The molecule has 0 radical (unpaired) electrons. The van der Waals surface area contributed by atoms with Crippen LogP contribution in [-0.2, 0) is 24.2 Å². The molecule has 0 fully saturated rings. The molecule has 0 spiro atoms. The minimum Gasteiger partial charge on any atom is -0.508 e. The molecule has 1 amide bonds. The fourth-order valence-electron chi connectivity index (χ4n) is 5.18. The van der Waals surface area contributed by atoms with Crippen LogP contribution in [0.25, 0.3) is 0 Å². The number of ether oxygens (including phenoxy) is 1. The van der Waals surface area contributed by atoms with Gasteiger partial charge in [0, 0.05) is 17.8 Å². The van der Waals surface area contributed by atoms with E-state index in [0.717, 1.165) is 53.1 Å². The Hall–Kier alpha value is -4.29. The first-order valence-corrected chi connectivity index (χ1v) is 13.4. The fraction of sp³-hybridized carbons (Fsp3) is 0.242. The highest BCUT2D eigenvalue weighted by Crippen LogP contribution is 2.35. The van der Waals surface area contributed by atoms with E-state index in [1.165, 1.54) is 11.1 Å². The first-order chi connectivity index (χ1) is 19.0. The van der Waals surface area contributed by atoms with Gasteiger partial charge in [0.2, 0.25) is 5.91 Å². The largest absolute Gasteiger partial charge is 0.508 e. The van der Waals surface area contributed by atoms with Gasteiger partial charge in [0.05, 0.1) is 12.1 Å². The number of phenolic OH excluding ortho intramolecular Hbond substituents is 1. The number of benzene rings is 4. The van der Waals surface area contributed by atoms with Crippen molar-refractivity contribution in [1.82, 2.24) is 5.32 Å². The average Bonchev–Trinajstić information content (AvgIpc) is 2.94. The number of nitrogens with one attached hydrogen (secondary N) is 2. The van der Waals surface area contributed by atoms with Crippen LogP contribution in [0, 0.1) is 6.92 Å². The van der Waals surface area contributed by atoms with E-state index < -0.39 is 6.04 Å². The topological polar surface area (TPSA) is 96.6 Å². The molecule has 1 aliphatic heterocycles. The fourth-order valence-corrected chi connectivity index (χ4v) is 5.18. The Morgan fingerprint density at radius 2 is 1.74 bits per heavy atom. The van der Waals surface area contributed by atoms with Gasteiger partial charge in [0.1, 0.15) is 18.1 Å². The summed E-state index contributed by atoms with van der Waals surface area (Å²) in [5.74, 6) is 0.839. The minimum absolute atomic E-state index is 0.160. The van der Waals surface area contributed by atoms with Crippen LogP contribution in [0.5, 0.6) is 11.5 Å². The van der Waals surface area contributed by atoms with E-state index in [-0.39, 0.29) is 17.7 Å². The molecule has 0 unspecified atom stereocenters. The Labute approximate surface area is 229 Å². The standard InChI is InChI=1S/C33H35N3O3/c1-22-16-27(37)13-12-25(22)20-30(34)33(38)36-31-14-15-35-32-26(21-39-28-10-6-3-7-11-28)18-24(19-29(31)32)17-23-8-4-2-5-9-23/h2-13,16,18-19,30-31,35,37H,14-15,17,20-21,34H2,1H3,(H,36,38)/t30-,31+/m0/s1. The zero-order valence-corrected chi connectivity index (χ0v) is 22.2. The van der Waals surface area contributed by atoms with Gasteiger partial charge < -0.3 is 26.2 Å². The van der Waals surface area contributed by atoms with Gasteiger partial charge in [0.15, 0.2) is 0 Å². The Balaban J connectivity index is 1.39. The van der Waals surface area contributed by atoms with Crippen LogP contribution >= 0.6 is 0 Å². The van der Waals surface area contributed by atoms with Gasteiger partial charge in [0.25, 0.3) is 0 Å². The van der Waals surface area contributed by atoms with Crippen molar-refractivity contribution in [3.05, 3.63) is 124 Å². The van der Waals surface area contributed by atoms with Gasteiger partial charge in [-0.1, -0.05) is 60.7 Å². The lowest BCUT2D eigenvalue weighted by atomic mass is 9.90.